The van der Waals surface area contributed by atoms with Crippen molar-refractivity contribution in [1.82, 2.24) is 4.98 Å². The molecule has 26 heavy (non-hydrogen) atoms. The van der Waals surface area contributed by atoms with Crippen LogP contribution in [0.3, 0.4) is 0 Å². The highest BCUT2D eigenvalue weighted by atomic mass is 16.5. The summed E-state index contributed by atoms with van der Waals surface area (Å²) in [6.07, 6.45) is 3.30. The van der Waals surface area contributed by atoms with E-state index in [4.69, 9.17) is 14.9 Å². The normalized spacial score (nSPS) is 10.8. The summed E-state index contributed by atoms with van der Waals surface area (Å²) < 4.78 is 11.0. The predicted octanol–water partition coefficient (Wildman–Crippen LogP) is 3.96. The third kappa shape index (κ3) is 4.40. The van der Waals surface area contributed by atoms with Gasteiger partial charge in [-0.2, -0.15) is 0 Å². The van der Waals surface area contributed by atoms with Gasteiger partial charge in [0.25, 0.3) is 0 Å². The van der Waals surface area contributed by atoms with Gasteiger partial charge in [0, 0.05) is 23.7 Å². The molecule has 0 aliphatic carbocycles. The van der Waals surface area contributed by atoms with Gasteiger partial charge in [-0.25, -0.2) is 4.98 Å². The Kier molecular flexibility index (Phi) is 5.86. The average Bonchev–Trinajstić information content (AvgIpc) is 3.09. The molecule has 0 spiro atoms. The number of carbonyl (C=O) groups is 1. The SMILES string of the molecule is COc1ccc2nc(-c3ccc(NC(=O)CCCCCN)cc3)oc2c1. The minimum Gasteiger partial charge on any atom is -0.497 e. The van der Waals surface area contributed by atoms with Gasteiger partial charge in [-0.3, -0.25) is 4.79 Å². The molecule has 0 atom stereocenters. The molecule has 0 bridgehead atoms. The zero-order valence-corrected chi connectivity index (χ0v) is 14.8. The van der Waals surface area contributed by atoms with Crippen LogP contribution in [-0.4, -0.2) is 24.5 Å². The third-order valence-corrected chi connectivity index (χ3v) is 4.12. The Labute approximate surface area is 152 Å². The summed E-state index contributed by atoms with van der Waals surface area (Å²) in [4.78, 5) is 16.4. The molecule has 0 unspecified atom stereocenters. The Hall–Kier alpha value is -2.86. The molecule has 3 aromatic rings. The predicted molar refractivity (Wildman–Crippen MR) is 102 cm³/mol. The Morgan fingerprint density at radius 3 is 2.69 bits per heavy atom. The van der Waals surface area contributed by atoms with Gasteiger partial charge >= 0.3 is 0 Å². The molecule has 0 aliphatic heterocycles. The van der Waals surface area contributed by atoms with Gasteiger partial charge in [-0.15, -0.1) is 0 Å². The van der Waals surface area contributed by atoms with Crippen LogP contribution in [0.15, 0.2) is 46.9 Å². The van der Waals surface area contributed by atoms with Crippen LogP contribution in [0.1, 0.15) is 25.7 Å². The summed E-state index contributed by atoms with van der Waals surface area (Å²) in [5.41, 5.74) is 8.51. The molecule has 6 nitrogen and oxygen atoms in total. The number of hydrogen-bond acceptors (Lipinski definition) is 5. The average molecular weight is 353 g/mol. The van der Waals surface area contributed by atoms with E-state index in [0.717, 1.165) is 41.8 Å². The van der Waals surface area contributed by atoms with Gasteiger partial charge in [-0.05, 0) is 55.8 Å². The Morgan fingerprint density at radius 1 is 1.15 bits per heavy atom. The highest BCUT2D eigenvalue weighted by Gasteiger charge is 2.10. The highest BCUT2D eigenvalue weighted by molar-refractivity contribution is 5.91. The van der Waals surface area contributed by atoms with Gasteiger partial charge in [0.2, 0.25) is 11.8 Å². The number of nitrogens with zero attached hydrogens (tertiary/aromatic N) is 1. The Morgan fingerprint density at radius 2 is 1.96 bits per heavy atom. The van der Waals surface area contributed by atoms with E-state index in [9.17, 15) is 4.79 Å². The molecule has 1 aromatic heterocycles. The van der Waals surface area contributed by atoms with Crippen LogP contribution in [0.4, 0.5) is 5.69 Å². The van der Waals surface area contributed by atoms with E-state index in [1.54, 1.807) is 7.11 Å². The molecular formula is C20H23N3O3. The first-order valence-electron chi connectivity index (χ1n) is 8.74. The van der Waals surface area contributed by atoms with Crippen molar-refractivity contribution in [3.05, 3.63) is 42.5 Å². The minimum absolute atomic E-state index is 0.0173. The maximum absolute atomic E-state index is 11.9. The van der Waals surface area contributed by atoms with Gasteiger partial charge < -0.3 is 20.2 Å². The van der Waals surface area contributed by atoms with Gasteiger partial charge in [0.05, 0.1) is 7.11 Å². The van der Waals surface area contributed by atoms with Crippen LogP contribution < -0.4 is 15.8 Å². The van der Waals surface area contributed by atoms with E-state index < -0.39 is 0 Å². The molecule has 2 aromatic carbocycles. The number of methoxy groups -OCH3 is 1. The summed E-state index contributed by atoms with van der Waals surface area (Å²) in [6.45, 7) is 0.672. The number of anilines is 1. The van der Waals surface area contributed by atoms with Crippen LogP contribution in [-0.2, 0) is 4.79 Å². The first-order chi connectivity index (χ1) is 12.7. The Balaban J connectivity index is 1.65. The first-order valence-corrected chi connectivity index (χ1v) is 8.74. The van der Waals surface area contributed by atoms with Gasteiger partial charge in [0.15, 0.2) is 5.58 Å². The number of amides is 1. The van der Waals surface area contributed by atoms with Crippen LogP contribution in [0.2, 0.25) is 0 Å². The maximum atomic E-state index is 11.9. The second kappa shape index (κ2) is 8.49. The van der Waals surface area contributed by atoms with Crippen LogP contribution >= 0.6 is 0 Å². The van der Waals surface area contributed by atoms with Gasteiger partial charge in [0.1, 0.15) is 11.3 Å². The third-order valence-electron chi connectivity index (χ3n) is 4.12. The molecule has 1 heterocycles. The fourth-order valence-electron chi connectivity index (χ4n) is 2.68. The van der Waals surface area contributed by atoms with E-state index in [-0.39, 0.29) is 5.91 Å². The van der Waals surface area contributed by atoms with Crippen molar-refractivity contribution in [2.45, 2.75) is 25.7 Å². The molecular weight excluding hydrogens is 330 g/mol. The van der Waals surface area contributed by atoms with Crippen molar-refractivity contribution in [3.8, 4) is 17.2 Å². The highest BCUT2D eigenvalue weighted by Crippen LogP contribution is 2.27. The van der Waals surface area contributed by atoms with Crippen molar-refractivity contribution in [2.75, 3.05) is 19.0 Å². The van der Waals surface area contributed by atoms with E-state index in [1.807, 2.05) is 42.5 Å². The first kappa shape index (κ1) is 17.9. The lowest BCUT2D eigenvalue weighted by atomic mass is 10.1. The largest absolute Gasteiger partial charge is 0.497 e. The lowest BCUT2D eigenvalue weighted by molar-refractivity contribution is -0.116. The summed E-state index contributed by atoms with van der Waals surface area (Å²) in [7, 11) is 1.61. The van der Waals surface area contributed by atoms with Crippen molar-refractivity contribution >= 4 is 22.7 Å². The van der Waals surface area contributed by atoms with Crippen molar-refractivity contribution in [3.63, 3.8) is 0 Å². The molecule has 1 amide bonds. The Bertz CT molecular complexity index is 872. The number of nitrogens with one attached hydrogen (secondary N) is 1. The number of hydrogen-bond donors (Lipinski definition) is 2. The summed E-state index contributed by atoms with van der Waals surface area (Å²) >= 11 is 0. The zero-order valence-electron chi connectivity index (χ0n) is 14.8. The maximum Gasteiger partial charge on any atom is 0.227 e. The van der Waals surface area contributed by atoms with E-state index in [2.05, 4.69) is 10.3 Å². The van der Waals surface area contributed by atoms with Crippen molar-refractivity contribution in [2.24, 2.45) is 5.73 Å². The molecule has 0 radical (unpaired) electrons. The number of carbonyl (C=O) groups excluding carboxylic acids is 1. The number of benzene rings is 2. The molecule has 0 saturated carbocycles. The number of aromatic nitrogens is 1. The number of oxazole rings is 1. The van der Waals surface area contributed by atoms with Crippen LogP contribution in [0, 0.1) is 0 Å². The van der Waals surface area contributed by atoms with E-state index >= 15 is 0 Å². The smallest absolute Gasteiger partial charge is 0.227 e. The van der Waals surface area contributed by atoms with Crippen LogP contribution in [0.25, 0.3) is 22.6 Å². The molecule has 0 saturated heterocycles. The fraction of sp³-hybridized carbons (Fsp3) is 0.300. The topological polar surface area (TPSA) is 90.4 Å². The molecule has 136 valence electrons. The molecule has 3 N–H and O–H groups in total. The minimum atomic E-state index is 0.0173. The monoisotopic (exact) mass is 353 g/mol. The second-order valence-corrected chi connectivity index (χ2v) is 6.08. The number of unbranched alkanes of at least 4 members (excludes halogenated alkanes) is 2. The second-order valence-electron chi connectivity index (χ2n) is 6.08. The van der Waals surface area contributed by atoms with E-state index in [1.165, 1.54) is 0 Å². The number of ether oxygens (including phenoxy) is 1. The quantitative estimate of drug-likeness (QED) is 0.598. The molecule has 0 aliphatic rings. The number of rotatable bonds is 8. The summed E-state index contributed by atoms with van der Waals surface area (Å²) in [5, 5.41) is 2.90. The lowest BCUT2D eigenvalue weighted by Crippen LogP contribution is -2.11. The van der Waals surface area contributed by atoms with Crippen LogP contribution in [0.5, 0.6) is 5.75 Å². The molecule has 6 heteroatoms. The number of fused-ring (bicyclic) bond motifs is 1. The summed E-state index contributed by atoms with van der Waals surface area (Å²) in [5.74, 6) is 1.28. The zero-order chi connectivity index (χ0) is 18.4. The standard InChI is InChI=1S/C20H23N3O3/c1-25-16-10-11-17-18(13-16)26-20(23-17)14-6-8-15(9-7-14)22-19(24)5-3-2-4-12-21/h6-11,13H,2-5,12,21H2,1H3,(H,22,24). The molecule has 0 fully saturated rings. The van der Waals surface area contributed by atoms with E-state index in [0.29, 0.717) is 24.4 Å². The molecule has 3 rings (SSSR count). The van der Waals surface area contributed by atoms with Crippen molar-refractivity contribution in [1.29, 1.82) is 0 Å². The van der Waals surface area contributed by atoms with Crippen molar-refractivity contribution < 1.29 is 13.9 Å². The van der Waals surface area contributed by atoms with Gasteiger partial charge in [-0.1, -0.05) is 6.42 Å². The lowest BCUT2D eigenvalue weighted by Gasteiger charge is -2.05. The summed E-state index contributed by atoms with van der Waals surface area (Å²) in [6, 6.07) is 13.0. The number of nitrogens with two attached hydrogens (primary N) is 1. The fourth-order valence-corrected chi connectivity index (χ4v) is 2.68.